The highest BCUT2D eigenvalue weighted by Crippen LogP contribution is 2.53. The Labute approximate surface area is 177 Å². The van der Waals surface area contributed by atoms with E-state index in [2.05, 4.69) is 67.8 Å². The molecule has 0 amide bonds. The average Bonchev–Trinajstić information content (AvgIpc) is 3.25. The van der Waals surface area contributed by atoms with Crippen LogP contribution in [0.5, 0.6) is 0 Å². The molecule has 3 rings (SSSR count). The summed E-state index contributed by atoms with van der Waals surface area (Å²) in [4.78, 5) is 2.36. The summed E-state index contributed by atoms with van der Waals surface area (Å²) in [6, 6.07) is 21.0. The van der Waals surface area contributed by atoms with Crippen LogP contribution in [0.4, 0.5) is 0 Å². The Balaban J connectivity index is 1.88. The fourth-order valence-corrected chi connectivity index (χ4v) is 4.72. The van der Waals surface area contributed by atoms with Gasteiger partial charge in [-0.05, 0) is 44.2 Å². The van der Waals surface area contributed by atoms with Gasteiger partial charge >= 0.3 is 0 Å². The predicted molar refractivity (Wildman–Crippen MR) is 121 cm³/mol. The van der Waals surface area contributed by atoms with Gasteiger partial charge in [-0.25, -0.2) is 0 Å². The minimum atomic E-state index is -1.09. The van der Waals surface area contributed by atoms with Crippen LogP contribution < -0.4 is 0 Å². The largest absolute Gasteiger partial charge is 0.373 e. The molecule has 1 N–H and O–H groups in total. The summed E-state index contributed by atoms with van der Waals surface area (Å²) >= 11 is 0. The SMILES string of the molecule is CCC1([C@@](O)(C#CCN(Cc2ccccc2)C(C)C)c2ccccc2)CCCC1. The molecular formula is C27H35NO. The highest BCUT2D eigenvalue weighted by molar-refractivity contribution is 5.36. The number of aliphatic hydroxyl groups is 1. The third-order valence-corrected chi connectivity index (χ3v) is 6.71. The Hall–Kier alpha value is -2.08. The normalized spacial score (nSPS) is 17.7. The average molecular weight is 390 g/mol. The fourth-order valence-electron chi connectivity index (χ4n) is 4.72. The van der Waals surface area contributed by atoms with Gasteiger partial charge in [0, 0.05) is 18.0 Å². The first kappa shape index (κ1) is 21.6. The minimum absolute atomic E-state index is 0.149. The van der Waals surface area contributed by atoms with Crippen molar-refractivity contribution in [2.24, 2.45) is 5.41 Å². The van der Waals surface area contributed by atoms with E-state index in [4.69, 9.17) is 0 Å². The second-order valence-electron chi connectivity index (χ2n) is 8.70. The van der Waals surface area contributed by atoms with Crippen molar-refractivity contribution in [3.8, 4) is 11.8 Å². The van der Waals surface area contributed by atoms with Gasteiger partial charge in [0.15, 0.2) is 5.60 Å². The van der Waals surface area contributed by atoms with Crippen LogP contribution in [0.1, 0.15) is 64.0 Å². The second-order valence-corrected chi connectivity index (χ2v) is 8.70. The second kappa shape index (κ2) is 9.61. The topological polar surface area (TPSA) is 23.5 Å². The van der Waals surface area contributed by atoms with Gasteiger partial charge in [0.25, 0.3) is 0 Å². The molecule has 1 aliphatic rings. The molecule has 154 valence electrons. The molecule has 0 saturated heterocycles. The van der Waals surface area contributed by atoms with Crippen molar-refractivity contribution >= 4 is 0 Å². The summed E-state index contributed by atoms with van der Waals surface area (Å²) in [5.41, 5.74) is 0.996. The van der Waals surface area contributed by atoms with Gasteiger partial charge in [0.05, 0.1) is 6.54 Å². The maximum Gasteiger partial charge on any atom is 0.156 e. The molecule has 2 heteroatoms. The molecular weight excluding hydrogens is 354 g/mol. The highest BCUT2D eigenvalue weighted by Gasteiger charge is 2.50. The lowest BCUT2D eigenvalue weighted by Gasteiger charge is -2.42. The Morgan fingerprint density at radius 2 is 1.59 bits per heavy atom. The van der Waals surface area contributed by atoms with Crippen molar-refractivity contribution in [2.75, 3.05) is 6.54 Å². The zero-order chi connectivity index (χ0) is 20.7. The summed E-state index contributed by atoms with van der Waals surface area (Å²) in [6.45, 7) is 8.14. The summed E-state index contributed by atoms with van der Waals surface area (Å²) in [7, 11) is 0. The zero-order valence-electron chi connectivity index (χ0n) is 18.2. The van der Waals surface area contributed by atoms with Gasteiger partial charge in [-0.1, -0.05) is 92.3 Å². The van der Waals surface area contributed by atoms with Gasteiger partial charge in [-0.15, -0.1) is 0 Å². The molecule has 0 radical (unpaired) electrons. The van der Waals surface area contributed by atoms with E-state index in [0.717, 1.165) is 31.4 Å². The summed E-state index contributed by atoms with van der Waals surface area (Å²) in [5.74, 6) is 6.77. The quantitative estimate of drug-likeness (QED) is 0.609. The van der Waals surface area contributed by atoms with E-state index in [9.17, 15) is 5.11 Å². The monoisotopic (exact) mass is 389 g/mol. The molecule has 2 aromatic carbocycles. The molecule has 0 heterocycles. The van der Waals surface area contributed by atoms with Crippen LogP contribution in [0.25, 0.3) is 0 Å². The van der Waals surface area contributed by atoms with Gasteiger partial charge < -0.3 is 5.11 Å². The van der Waals surface area contributed by atoms with E-state index in [1.165, 1.54) is 18.4 Å². The molecule has 2 nitrogen and oxygen atoms in total. The first-order chi connectivity index (χ1) is 14.0. The number of rotatable bonds is 7. The number of nitrogens with zero attached hydrogens (tertiary/aromatic N) is 1. The van der Waals surface area contributed by atoms with Crippen LogP contribution in [0.2, 0.25) is 0 Å². The molecule has 1 atom stereocenters. The van der Waals surface area contributed by atoms with Gasteiger partial charge in [-0.3, -0.25) is 4.90 Å². The van der Waals surface area contributed by atoms with E-state index in [-0.39, 0.29) is 5.41 Å². The van der Waals surface area contributed by atoms with Crippen molar-refractivity contribution in [1.29, 1.82) is 0 Å². The smallest absolute Gasteiger partial charge is 0.156 e. The molecule has 1 aliphatic carbocycles. The third-order valence-electron chi connectivity index (χ3n) is 6.71. The summed E-state index contributed by atoms with van der Waals surface area (Å²) in [5, 5.41) is 12.0. The van der Waals surface area contributed by atoms with Crippen molar-refractivity contribution in [3.63, 3.8) is 0 Å². The Bertz CT molecular complexity index is 812. The first-order valence-electron chi connectivity index (χ1n) is 11.1. The van der Waals surface area contributed by atoms with Crippen LogP contribution in [0, 0.1) is 17.3 Å². The third kappa shape index (κ3) is 4.74. The summed E-state index contributed by atoms with van der Waals surface area (Å²) in [6.07, 6.45) is 5.39. The maximum atomic E-state index is 12.0. The van der Waals surface area contributed by atoms with Crippen molar-refractivity contribution in [2.45, 2.75) is 71.1 Å². The lowest BCUT2D eigenvalue weighted by molar-refractivity contribution is -0.0422. The highest BCUT2D eigenvalue weighted by atomic mass is 16.3. The fraction of sp³-hybridized carbons (Fsp3) is 0.481. The molecule has 29 heavy (non-hydrogen) atoms. The number of hydrogen-bond acceptors (Lipinski definition) is 2. The van der Waals surface area contributed by atoms with E-state index < -0.39 is 5.60 Å². The van der Waals surface area contributed by atoms with Crippen LogP contribution in [0.15, 0.2) is 60.7 Å². The van der Waals surface area contributed by atoms with Crippen molar-refractivity contribution in [3.05, 3.63) is 71.8 Å². The molecule has 0 unspecified atom stereocenters. The lowest BCUT2D eigenvalue weighted by atomic mass is 9.65. The van der Waals surface area contributed by atoms with E-state index >= 15 is 0 Å². The van der Waals surface area contributed by atoms with E-state index in [1.54, 1.807) is 0 Å². The Morgan fingerprint density at radius 1 is 1.00 bits per heavy atom. The Kier molecular flexibility index (Phi) is 7.17. The van der Waals surface area contributed by atoms with Crippen LogP contribution >= 0.6 is 0 Å². The molecule has 0 aliphatic heterocycles. The summed E-state index contributed by atoms with van der Waals surface area (Å²) < 4.78 is 0. The van der Waals surface area contributed by atoms with Crippen LogP contribution in [-0.2, 0) is 12.1 Å². The number of benzene rings is 2. The lowest BCUT2D eigenvalue weighted by Crippen LogP contribution is -2.43. The zero-order valence-corrected chi connectivity index (χ0v) is 18.2. The van der Waals surface area contributed by atoms with E-state index in [1.807, 2.05) is 30.3 Å². The van der Waals surface area contributed by atoms with Gasteiger partial charge in [0.1, 0.15) is 0 Å². The molecule has 0 aromatic heterocycles. The molecule has 1 saturated carbocycles. The molecule has 1 fully saturated rings. The first-order valence-corrected chi connectivity index (χ1v) is 11.1. The number of hydrogen-bond donors (Lipinski definition) is 1. The maximum absolute atomic E-state index is 12.0. The van der Waals surface area contributed by atoms with Crippen molar-refractivity contribution < 1.29 is 5.11 Å². The van der Waals surface area contributed by atoms with Gasteiger partial charge in [0.2, 0.25) is 0 Å². The predicted octanol–water partition coefficient (Wildman–Crippen LogP) is 5.76. The van der Waals surface area contributed by atoms with Crippen LogP contribution in [-0.4, -0.2) is 22.6 Å². The molecule has 0 spiro atoms. The molecule has 2 aromatic rings. The van der Waals surface area contributed by atoms with E-state index in [0.29, 0.717) is 12.6 Å². The van der Waals surface area contributed by atoms with Gasteiger partial charge in [-0.2, -0.15) is 0 Å². The standard InChI is InChI=1S/C27H35NO/c1-4-26(18-11-12-19-26)27(29,25-16-9-6-10-17-25)20-13-21-28(23(2)3)22-24-14-7-5-8-15-24/h5-10,14-17,23,29H,4,11-12,18-19,21-22H2,1-3H3/t27-/m1/s1. The Morgan fingerprint density at radius 3 is 2.14 bits per heavy atom. The molecule has 0 bridgehead atoms. The van der Waals surface area contributed by atoms with Crippen molar-refractivity contribution in [1.82, 2.24) is 4.90 Å². The minimum Gasteiger partial charge on any atom is -0.373 e. The van der Waals surface area contributed by atoms with Crippen LogP contribution in [0.3, 0.4) is 0 Å².